The van der Waals surface area contributed by atoms with Crippen molar-refractivity contribution in [3.05, 3.63) is 148 Å². The van der Waals surface area contributed by atoms with Gasteiger partial charge in [0.1, 0.15) is 23.5 Å². The quantitative estimate of drug-likeness (QED) is 0.226. The Bertz CT molecular complexity index is 1940. The Morgan fingerprint density at radius 1 is 0.725 bits per heavy atom. The van der Waals surface area contributed by atoms with Crippen LogP contribution in [0.4, 0.5) is 5.69 Å². The Labute approximate surface area is 240 Å². The molecule has 2 heterocycles. The lowest BCUT2D eigenvalue weighted by molar-refractivity contribution is 0.526. The number of benzene rings is 5. The molecule has 0 aliphatic carbocycles. The van der Waals surface area contributed by atoms with Crippen LogP contribution in [-0.2, 0) is 0 Å². The number of hydrogen-bond donors (Lipinski definition) is 1. The van der Waals surface area contributed by atoms with Crippen LogP contribution in [0.15, 0.2) is 135 Å². The van der Waals surface area contributed by atoms with E-state index in [9.17, 15) is 5.26 Å². The molecule has 5 aromatic carbocycles. The van der Waals surface area contributed by atoms with Gasteiger partial charge in [-0.15, -0.1) is 0 Å². The standard InChI is InChI=1S/C35H22BrN3O/c36-30-17-16-25(18-26(30)21-37)35-38-32(24-14-8-3-9-15-24)34-33(39-35)29-19-27(22-10-4-1-5-11-22)28(20-31(29)40-34)23-12-6-2-7-13-23/h1-20,32H,(H,38,39). The molecule has 0 bridgehead atoms. The highest BCUT2D eigenvalue weighted by Crippen LogP contribution is 2.46. The zero-order valence-corrected chi connectivity index (χ0v) is 22.9. The molecule has 5 heteroatoms. The number of aliphatic imine (C=N–C) groups is 1. The molecule has 1 unspecified atom stereocenters. The van der Waals surface area contributed by atoms with Crippen LogP contribution < -0.4 is 5.32 Å². The van der Waals surface area contributed by atoms with Crippen LogP contribution in [0, 0.1) is 11.3 Å². The summed E-state index contributed by atoms with van der Waals surface area (Å²) in [5, 5.41) is 14.2. The molecular weight excluding hydrogens is 558 g/mol. The summed E-state index contributed by atoms with van der Waals surface area (Å²) in [6.45, 7) is 0. The van der Waals surface area contributed by atoms with Gasteiger partial charge in [0, 0.05) is 15.4 Å². The van der Waals surface area contributed by atoms with E-state index in [4.69, 9.17) is 9.41 Å². The van der Waals surface area contributed by atoms with Gasteiger partial charge in [0.2, 0.25) is 0 Å². The number of rotatable bonds is 4. The maximum Gasteiger partial charge on any atom is 0.157 e. The van der Waals surface area contributed by atoms with Gasteiger partial charge in [0.25, 0.3) is 0 Å². The minimum Gasteiger partial charge on any atom is -0.456 e. The molecule has 0 saturated heterocycles. The van der Waals surface area contributed by atoms with Crippen molar-refractivity contribution in [2.45, 2.75) is 6.04 Å². The summed E-state index contributed by atoms with van der Waals surface area (Å²) in [7, 11) is 0. The van der Waals surface area contributed by atoms with Gasteiger partial charge in [0.05, 0.1) is 11.3 Å². The second kappa shape index (κ2) is 10.00. The average Bonchev–Trinajstić information content (AvgIpc) is 3.39. The van der Waals surface area contributed by atoms with E-state index < -0.39 is 0 Å². The van der Waals surface area contributed by atoms with Crippen LogP contribution in [0.1, 0.15) is 28.5 Å². The van der Waals surface area contributed by atoms with Crippen molar-refractivity contribution in [1.82, 2.24) is 0 Å². The number of nitrogens with zero attached hydrogens (tertiary/aromatic N) is 2. The van der Waals surface area contributed by atoms with E-state index in [1.807, 2.05) is 48.5 Å². The van der Waals surface area contributed by atoms with Crippen molar-refractivity contribution in [3.8, 4) is 28.3 Å². The molecule has 0 spiro atoms. The molecule has 0 fully saturated rings. The zero-order chi connectivity index (χ0) is 27.1. The summed E-state index contributed by atoms with van der Waals surface area (Å²) < 4.78 is 7.38. The number of anilines is 1. The second-order valence-corrected chi connectivity index (χ2v) is 10.5. The van der Waals surface area contributed by atoms with E-state index in [1.165, 1.54) is 0 Å². The fourth-order valence-electron chi connectivity index (χ4n) is 5.30. The van der Waals surface area contributed by atoms with Crippen molar-refractivity contribution in [2.24, 2.45) is 4.99 Å². The lowest BCUT2D eigenvalue weighted by atomic mass is 9.92. The Hall–Kier alpha value is -4.92. The number of fused-ring (bicyclic) bond motifs is 3. The Balaban J connectivity index is 1.47. The first-order chi connectivity index (χ1) is 19.7. The van der Waals surface area contributed by atoms with E-state index >= 15 is 0 Å². The first-order valence-electron chi connectivity index (χ1n) is 13.0. The van der Waals surface area contributed by atoms with Gasteiger partial charge < -0.3 is 9.73 Å². The number of furan rings is 1. The van der Waals surface area contributed by atoms with Gasteiger partial charge in [-0.1, -0.05) is 97.1 Å². The lowest BCUT2D eigenvalue weighted by Crippen LogP contribution is -2.21. The Morgan fingerprint density at radius 2 is 1.35 bits per heavy atom. The largest absolute Gasteiger partial charge is 0.456 e. The van der Waals surface area contributed by atoms with Crippen LogP contribution in [0.5, 0.6) is 0 Å². The van der Waals surface area contributed by atoms with Crippen LogP contribution in [0.3, 0.4) is 0 Å². The van der Waals surface area contributed by atoms with Gasteiger partial charge in [-0.2, -0.15) is 5.26 Å². The molecule has 0 radical (unpaired) electrons. The normalized spacial score (nSPS) is 14.2. The van der Waals surface area contributed by atoms with Gasteiger partial charge in [-0.3, -0.25) is 4.99 Å². The summed E-state index contributed by atoms with van der Waals surface area (Å²) in [6, 6.07) is 43.0. The molecule has 40 heavy (non-hydrogen) atoms. The smallest absolute Gasteiger partial charge is 0.157 e. The molecular formula is C35H22BrN3O. The van der Waals surface area contributed by atoms with Crippen molar-refractivity contribution in [2.75, 3.05) is 5.32 Å². The second-order valence-electron chi connectivity index (χ2n) is 9.69. The van der Waals surface area contributed by atoms with Crippen LogP contribution in [0.25, 0.3) is 33.2 Å². The van der Waals surface area contributed by atoms with Gasteiger partial charge in [-0.05, 0) is 68.0 Å². The van der Waals surface area contributed by atoms with E-state index in [0.717, 1.165) is 60.3 Å². The third kappa shape index (κ3) is 4.20. The van der Waals surface area contributed by atoms with Gasteiger partial charge in [0.15, 0.2) is 5.76 Å². The molecule has 6 aromatic rings. The van der Waals surface area contributed by atoms with Crippen LogP contribution in [0.2, 0.25) is 0 Å². The summed E-state index contributed by atoms with van der Waals surface area (Å²) in [6.07, 6.45) is 0. The molecule has 1 atom stereocenters. The molecule has 7 rings (SSSR count). The number of hydrogen-bond acceptors (Lipinski definition) is 4. The number of nitriles is 1. The maximum atomic E-state index is 9.64. The fraction of sp³-hybridized carbons (Fsp3) is 0.0286. The first kappa shape index (κ1) is 24.1. The number of nitrogens with one attached hydrogen (secondary N) is 1. The van der Waals surface area contributed by atoms with E-state index in [-0.39, 0.29) is 6.04 Å². The van der Waals surface area contributed by atoms with E-state index in [1.54, 1.807) is 0 Å². The highest BCUT2D eigenvalue weighted by Gasteiger charge is 2.30. The van der Waals surface area contributed by atoms with E-state index in [0.29, 0.717) is 11.4 Å². The first-order valence-corrected chi connectivity index (χ1v) is 13.8. The molecule has 1 aliphatic heterocycles. The Morgan fingerprint density at radius 3 is 2.00 bits per heavy atom. The maximum absolute atomic E-state index is 9.64. The number of amidine groups is 1. The summed E-state index contributed by atoms with van der Waals surface area (Å²) >= 11 is 3.47. The van der Waals surface area contributed by atoms with Crippen molar-refractivity contribution in [1.29, 1.82) is 5.26 Å². The summed E-state index contributed by atoms with van der Waals surface area (Å²) in [5.74, 6) is 1.47. The monoisotopic (exact) mass is 579 g/mol. The zero-order valence-electron chi connectivity index (χ0n) is 21.3. The SMILES string of the molecule is N#Cc1cc(C2=NC(c3ccccc3)c3oc4cc(-c5ccccc5)c(-c5ccccc5)cc4c3N2)ccc1Br. The highest BCUT2D eigenvalue weighted by atomic mass is 79.9. The third-order valence-electron chi connectivity index (χ3n) is 7.25. The molecule has 1 aromatic heterocycles. The van der Waals surface area contributed by atoms with Gasteiger partial charge >= 0.3 is 0 Å². The third-order valence-corrected chi connectivity index (χ3v) is 7.94. The van der Waals surface area contributed by atoms with Crippen LogP contribution in [-0.4, -0.2) is 5.84 Å². The molecule has 1 aliphatic rings. The summed E-state index contributed by atoms with van der Waals surface area (Å²) in [5.41, 5.74) is 8.61. The van der Waals surface area contributed by atoms with E-state index in [2.05, 4.69) is 100 Å². The van der Waals surface area contributed by atoms with Crippen molar-refractivity contribution < 1.29 is 4.42 Å². The minimum atomic E-state index is -0.339. The highest BCUT2D eigenvalue weighted by molar-refractivity contribution is 9.10. The topological polar surface area (TPSA) is 61.3 Å². The van der Waals surface area contributed by atoms with Crippen LogP contribution >= 0.6 is 15.9 Å². The van der Waals surface area contributed by atoms with Crippen molar-refractivity contribution >= 4 is 38.4 Å². The molecule has 0 amide bonds. The fourth-order valence-corrected chi connectivity index (χ4v) is 5.64. The minimum absolute atomic E-state index is 0.339. The number of halogens is 1. The predicted molar refractivity (Wildman–Crippen MR) is 164 cm³/mol. The summed E-state index contributed by atoms with van der Waals surface area (Å²) in [4.78, 5) is 5.11. The van der Waals surface area contributed by atoms with Gasteiger partial charge in [-0.25, -0.2) is 0 Å². The average molecular weight is 580 g/mol. The van der Waals surface area contributed by atoms with Crippen molar-refractivity contribution in [3.63, 3.8) is 0 Å². The Kier molecular flexibility index (Phi) is 6.03. The molecule has 1 N–H and O–H groups in total. The molecule has 4 nitrogen and oxygen atoms in total. The molecule has 190 valence electrons. The lowest BCUT2D eigenvalue weighted by Gasteiger charge is -2.22. The predicted octanol–water partition coefficient (Wildman–Crippen LogP) is 9.36. The molecule has 0 saturated carbocycles.